The van der Waals surface area contributed by atoms with Gasteiger partial charge in [0.25, 0.3) is 0 Å². The molecule has 0 unspecified atom stereocenters. The quantitative estimate of drug-likeness (QED) is 0.242. The van der Waals surface area contributed by atoms with Crippen molar-refractivity contribution < 1.29 is 19.0 Å². The number of aliphatic hydroxyl groups is 1. The van der Waals surface area contributed by atoms with Crippen molar-refractivity contribution >= 4 is 8.32 Å². The van der Waals surface area contributed by atoms with Crippen molar-refractivity contribution in [3.8, 4) is 18.1 Å². The van der Waals surface area contributed by atoms with Crippen LogP contribution in [0, 0.1) is 18.3 Å². The van der Waals surface area contributed by atoms with Crippen LogP contribution in [0.4, 0.5) is 0 Å². The first-order chi connectivity index (χ1) is 14.0. The summed E-state index contributed by atoms with van der Waals surface area (Å²) in [6.07, 6.45) is 7.89. The first kappa shape index (κ1) is 26.7. The Bertz CT molecular complexity index is 643. The molecule has 0 aromatic heterocycles. The summed E-state index contributed by atoms with van der Waals surface area (Å²) in [6.45, 7) is 14.5. The van der Waals surface area contributed by atoms with Gasteiger partial charge in [0.2, 0.25) is 0 Å². The van der Waals surface area contributed by atoms with Crippen LogP contribution in [0.3, 0.4) is 0 Å². The molecule has 0 aliphatic heterocycles. The molecule has 170 valence electrons. The van der Waals surface area contributed by atoms with E-state index in [1.807, 2.05) is 24.3 Å². The van der Waals surface area contributed by atoms with Crippen LogP contribution in [0.25, 0.3) is 0 Å². The molecular formula is C25H42O4Si. The molecule has 1 aromatic rings. The largest absolute Gasteiger partial charge is 0.497 e. The zero-order valence-electron chi connectivity index (χ0n) is 20.0. The number of terminal acetylenes is 1. The molecule has 30 heavy (non-hydrogen) atoms. The molecule has 5 heteroatoms. The summed E-state index contributed by atoms with van der Waals surface area (Å²) in [5, 5.41) is 10.8. The number of ether oxygens (including phenoxy) is 2. The zero-order chi connectivity index (χ0) is 22.8. The Balaban J connectivity index is 2.70. The van der Waals surface area contributed by atoms with Crippen LogP contribution >= 0.6 is 0 Å². The van der Waals surface area contributed by atoms with E-state index in [0.717, 1.165) is 24.2 Å². The van der Waals surface area contributed by atoms with Crippen molar-refractivity contribution in [3.63, 3.8) is 0 Å². The smallest absolute Gasteiger partial charge is 0.192 e. The number of benzene rings is 1. The fourth-order valence-electron chi connectivity index (χ4n) is 3.02. The highest BCUT2D eigenvalue weighted by Crippen LogP contribution is 2.39. The lowest BCUT2D eigenvalue weighted by molar-refractivity contribution is 0.00126. The second kappa shape index (κ2) is 12.5. The number of unbranched alkanes of at least 4 members (excludes halogenated alkanes) is 1. The van der Waals surface area contributed by atoms with Gasteiger partial charge in [0.1, 0.15) is 5.75 Å². The van der Waals surface area contributed by atoms with Crippen LogP contribution in [-0.4, -0.2) is 39.3 Å². The first-order valence-corrected chi connectivity index (χ1v) is 13.9. The van der Waals surface area contributed by atoms with Gasteiger partial charge >= 0.3 is 0 Å². The molecule has 1 N–H and O–H groups in total. The Hall–Kier alpha value is -1.32. The summed E-state index contributed by atoms with van der Waals surface area (Å²) in [5.41, 5.74) is 1.11. The monoisotopic (exact) mass is 434 g/mol. The molecule has 0 heterocycles. The number of hydrogen-bond donors (Lipinski definition) is 1. The van der Waals surface area contributed by atoms with E-state index in [-0.39, 0.29) is 17.1 Å². The van der Waals surface area contributed by atoms with E-state index in [2.05, 4.69) is 46.7 Å². The first-order valence-electron chi connectivity index (χ1n) is 11.0. The van der Waals surface area contributed by atoms with Gasteiger partial charge in [-0.2, -0.15) is 0 Å². The third kappa shape index (κ3) is 8.81. The molecule has 0 saturated carbocycles. The normalized spacial score (nSPS) is 15.3. The van der Waals surface area contributed by atoms with Gasteiger partial charge in [-0.3, -0.25) is 0 Å². The molecule has 0 bridgehead atoms. The van der Waals surface area contributed by atoms with E-state index in [1.54, 1.807) is 7.11 Å². The van der Waals surface area contributed by atoms with Gasteiger partial charge < -0.3 is 19.0 Å². The van der Waals surface area contributed by atoms with Crippen LogP contribution in [-0.2, 0) is 15.8 Å². The Kier molecular flexibility index (Phi) is 11.1. The van der Waals surface area contributed by atoms with Crippen LogP contribution in [0.5, 0.6) is 5.75 Å². The summed E-state index contributed by atoms with van der Waals surface area (Å²) in [4.78, 5) is 0. The lowest BCUT2D eigenvalue weighted by Crippen LogP contribution is -2.47. The highest BCUT2D eigenvalue weighted by molar-refractivity contribution is 6.74. The van der Waals surface area contributed by atoms with Gasteiger partial charge in [-0.05, 0) is 55.1 Å². The molecule has 0 fully saturated rings. The summed E-state index contributed by atoms with van der Waals surface area (Å²) in [6, 6.07) is 7.91. The molecular weight excluding hydrogens is 392 g/mol. The van der Waals surface area contributed by atoms with Gasteiger partial charge in [0.15, 0.2) is 8.32 Å². The fourth-order valence-corrected chi connectivity index (χ4v) is 4.46. The van der Waals surface area contributed by atoms with E-state index < -0.39 is 14.4 Å². The molecule has 4 nitrogen and oxygen atoms in total. The number of methoxy groups -OCH3 is 1. The van der Waals surface area contributed by atoms with Crippen molar-refractivity contribution in [3.05, 3.63) is 29.8 Å². The Labute approximate surface area is 185 Å². The highest BCUT2D eigenvalue weighted by atomic mass is 28.4. The van der Waals surface area contributed by atoms with Crippen LogP contribution in [0.15, 0.2) is 24.3 Å². The minimum atomic E-state index is -1.96. The number of rotatable bonds is 13. The Morgan fingerprint density at radius 3 is 2.30 bits per heavy atom. The van der Waals surface area contributed by atoms with Crippen LogP contribution in [0.2, 0.25) is 18.1 Å². The Morgan fingerprint density at radius 2 is 1.77 bits per heavy atom. The summed E-state index contributed by atoms with van der Waals surface area (Å²) in [5.74, 6) is 3.52. The van der Waals surface area contributed by atoms with E-state index in [0.29, 0.717) is 26.1 Å². The van der Waals surface area contributed by atoms with Crippen molar-refractivity contribution in [1.82, 2.24) is 0 Å². The summed E-state index contributed by atoms with van der Waals surface area (Å²) >= 11 is 0. The van der Waals surface area contributed by atoms with Crippen LogP contribution in [0.1, 0.15) is 58.9 Å². The summed E-state index contributed by atoms with van der Waals surface area (Å²) < 4.78 is 17.9. The molecule has 0 amide bonds. The Morgan fingerprint density at radius 1 is 1.13 bits per heavy atom. The molecule has 0 saturated heterocycles. The third-order valence-electron chi connectivity index (χ3n) is 6.24. The SMILES string of the molecule is C#CCCC[C@@H](O)[C@@H](C)[C@H](CCOCc1ccc(OC)cc1)O[Si](C)(C)C(C)(C)C. The standard InChI is InChI=1S/C25H42O4Si/c1-9-10-11-12-23(26)20(2)24(29-30(7,8)25(3,4)5)17-18-28-19-21-13-15-22(27-6)16-14-21/h1,13-16,20,23-24,26H,10-12,17-19H2,2-8H3/t20-,23-,24+/m1/s1. The average Bonchev–Trinajstić information content (AvgIpc) is 2.69. The maximum atomic E-state index is 10.7. The molecule has 1 rings (SSSR count). The van der Waals surface area contributed by atoms with E-state index >= 15 is 0 Å². The predicted molar refractivity (Wildman–Crippen MR) is 127 cm³/mol. The maximum absolute atomic E-state index is 10.7. The minimum Gasteiger partial charge on any atom is -0.497 e. The highest BCUT2D eigenvalue weighted by Gasteiger charge is 2.40. The van der Waals surface area contributed by atoms with E-state index in [9.17, 15) is 5.11 Å². The van der Waals surface area contributed by atoms with E-state index in [4.69, 9.17) is 20.3 Å². The van der Waals surface area contributed by atoms with Gasteiger partial charge in [-0.1, -0.05) is 39.8 Å². The molecule has 0 radical (unpaired) electrons. The van der Waals surface area contributed by atoms with Crippen LogP contribution < -0.4 is 4.74 Å². The van der Waals surface area contributed by atoms with Crippen molar-refractivity contribution in [1.29, 1.82) is 0 Å². The van der Waals surface area contributed by atoms with Crippen molar-refractivity contribution in [2.75, 3.05) is 13.7 Å². The minimum absolute atomic E-state index is 0.0292. The number of hydrogen-bond acceptors (Lipinski definition) is 4. The van der Waals surface area contributed by atoms with E-state index in [1.165, 1.54) is 0 Å². The van der Waals surface area contributed by atoms with Gasteiger partial charge in [0, 0.05) is 18.9 Å². The average molecular weight is 435 g/mol. The lowest BCUT2D eigenvalue weighted by atomic mass is 9.92. The lowest BCUT2D eigenvalue weighted by Gasteiger charge is -2.41. The summed E-state index contributed by atoms with van der Waals surface area (Å²) in [7, 11) is -0.299. The fraction of sp³-hybridized carbons (Fsp3) is 0.680. The second-order valence-corrected chi connectivity index (χ2v) is 14.4. The molecule has 0 spiro atoms. The zero-order valence-corrected chi connectivity index (χ0v) is 21.0. The third-order valence-corrected chi connectivity index (χ3v) is 10.7. The van der Waals surface area contributed by atoms with Gasteiger partial charge in [-0.15, -0.1) is 12.3 Å². The molecule has 1 aromatic carbocycles. The van der Waals surface area contributed by atoms with Gasteiger partial charge in [-0.25, -0.2) is 0 Å². The molecule has 0 aliphatic rings. The molecule has 3 atom stereocenters. The predicted octanol–water partition coefficient (Wildman–Crippen LogP) is 5.79. The van der Waals surface area contributed by atoms with Crippen molar-refractivity contribution in [2.24, 2.45) is 5.92 Å². The van der Waals surface area contributed by atoms with Crippen molar-refractivity contribution in [2.45, 2.75) is 90.3 Å². The maximum Gasteiger partial charge on any atom is 0.192 e. The number of aliphatic hydroxyl groups excluding tert-OH is 1. The molecule has 0 aliphatic carbocycles. The van der Waals surface area contributed by atoms with Gasteiger partial charge in [0.05, 0.1) is 25.9 Å². The second-order valence-electron chi connectivity index (χ2n) is 9.63. The topological polar surface area (TPSA) is 47.9 Å².